The van der Waals surface area contributed by atoms with E-state index in [0.717, 1.165) is 6.92 Å². The summed E-state index contributed by atoms with van der Waals surface area (Å²) in [6.45, 7) is 1.16. The van der Waals surface area contributed by atoms with Crippen molar-refractivity contribution in [3.63, 3.8) is 0 Å². The maximum Gasteiger partial charge on any atom is 0.170 e. The van der Waals surface area contributed by atoms with E-state index in [1.54, 1.807) is 0 Å². The van der Waals surface area contributed by atoms with Crippen molar-refractivity contribution < 1.29 is 4.39 Å². The van der Waals surface area contributed by atoms with Crippen molar-refractivity contribution >= 4 is 6.21 Å². The lowest BCUT2D eigenvalue weighted by atomic mass is 10.1. The monoisotopic (exact) mass is 119 g/mol. The van der Waals surface area contributed by atoms with Crippen LogP contribution in [0.2, 0.25) is 0 Å². The SMILES string of the molecule is CC(F)(C=N)C(N)N. The molecular formula is C4H10FN3. The van der Waals surface area contributed by atoms with Gasteiger partial charge in [-0.2, -0.15) is 0 Å². The van der Waals surface area contributed by atoms with Crippen molar-refractivity contribution in [3.8, 4) is 0 Å². The third kappa shape index (κ3) is 1.55. The molecule has 48 valence electrons. The zero-order valence-electron chi connectivity index (χ0n) is 4.69. The first-order valence-electron chi connectivity index (χ1n) is 2.22. The Balaban J connectivity index is 3.90. The van der Waals surface area contributed by atoms with Crippen LogP contribution < -0.4 is 11.5 Å². The van der Waals surface area contributed by atoms with Crippen LogP contribution in [-0.2, 0) is 0 Å². The Bertz CT molecular complexity index is 89.3. The van der Waals surface area contributed by atoms with Gasteiger partial charge in [-0.25, -0.2) is 4.39 Å². The van der Waals surface area contributed by atoms with E-state index in [2.05, 4.69) is 0 Å². The number of hydrogen-bond donors (Lipinski definition) is 3. The van der Waals surface area contributed by atoms with Crippen LogP contribution in [0.3, 0.4) is 0 Å². The summed E-state index contributed by atoms with van der Waals surface area (Å²) in [5.74, 6) is 0. The van der Waals surface area contributed by atoms with Gasteiger partial charge in [0.1, 0.15) is 0 Å². The lowest BCUT2D eigenvalue weighted by Crippen LogP contribution is -2.49. The van der Waals surface area contributed by atoms with Crippen LogP contribution in [0.5, 0.6) is 0 Å². The number of nitrogens with one attached hydrogen (secondary N) is 1. The summed E-state index contributed by atoms with van der Waals surface area (Å²) in [5.41, 5.74) is 8.00. The van der Waals surface area contributed by atoms with E-state index in [1.807, 2.05) is 0 Å². The van der Waals surface area contributed by atoms with Gasteiger partial charge in [0.25, 0.3) is 0 Å². The van der Waals surface area contributed by atoms with E-state index in [9.17, 15) is 4.39 Å². The first kappa shape index (κ1) is 7.52. The third-order valence-corrected chi connectivity index (χ3v) is 0.934. The van der Waals surface area contributed by atoms with Crippen LogP contribution >= 0.6 is 0 Å². The molecule has 0 rings (SSSR count). The number of rotatable bonds is 2. The van der Waals surface area contributed by atoms with Gasteiger partial charge in [0.2, 0.25) is 0 Å². The van der Waals surface area contributed by atoms with Crippen LogP contribution in [0.25, 0.3) is 0 Å². The van der Waals surface area contributed by atoms with Gasteiger partial charge in [-0.15, -0.1) is 0 Å². The molecule has 5 N–H and O–H groups in total. The molecule has 0 aromatic carbocycles. The minimum absolute atomic E-state index is 0.595. The topological polar surface area (TPSA) is 75.9 Å². The van der Waals surface area contributed by atoms with Gasteiger partial charge in [0, 0.05) is 6.21 Å². The fourth-order valence-corrected chi connectivity index (χ4v) is 0.0962. The van der Waals surface area contributed by atoms with E-state index in [0.29, 0.717) is 6.21 Å². The van der Waals surface area contributed by atoms with Gasteiger partial charge in [-0.1, -0.05) is 0 Å². The highest BCUT2D eigenvalue weighted by atomic mass is 19.1. The Morgan fingerprint density at radius 2 is 2.12 bits per heavy atom. The average molecular weight is 119 g/mol. The first-order chi connectivity index (χ1) is 3.50. The summed E-state index contributed by atoms with van der Waals surface area (Å²) in [5, 5.41) is 6.48. The summed E-state index contributed by atoms with van der Waals surface area (Å²) < 4.78 is 12.4. The highest BCUT2D eigenvalue weighted by Crippen LogP contribution is 2.05. The van der Waals surface area contributed by atoms with Crippen molar-refractivity contribution in [2.45, 2.75) is 18.8 Å². The molecule has 0 fully saturated rings. The predicted molar refractivity (Wildman–Crippen MR) is 30.5 cm³/mol. The Labute approximate surface area is 47.4 Å². The molecule has 0 bridgehead atoms. The van der Waals surface area contributed by atoms with E-state index >= 15 is 0 Å². The van der Waals surface area contributed by atoms with E-state index in [-0.39, 0.29) is 0 Å². The summed E-state index contributed by atoms with van der Waals surface area (Å²) in [7, 11) is 0. The molecule has 0 aromatic heterocycles. The molecular weight excluding hydrogens is 109 g/mol. The van der Waals surface area contributed by atoms with Crippen LogP contribution in [-0.4, -0.2) is 18.0 Å². The standard InChI is InChI=1S/C4H10FN3/c1-4(5,2-6)3(7)8/h2-3,6H,7-8H2,1H3. The Kier molecular flexibility index (Phi) is 2.06. The fourth-order valence-electron chi connectivity index (χ4n) is 0.0962. The van der Waals surface area contributed by atoms with Gasteiger partial charge < -0.3 is 16.9 Å². The molecule has 1 unspecified atom stereocenters. The third-order valence-electron chi connectivity index (χ3n) is 0.934. The Morgan fingerprint density at radius 1 is 1.75 bits per heavy atom. The van der Waals surface area contributed by atoms with Crippen molar-refractivity contribution in [2.75, 3.05) is 0 Å². The number of halogens is 1. The molecule has 4 heteroatoms. The molecule has 0 aliphatic heterocycles. The highest BCUT2D eigenvalue weighted by Gasteiger charge is 2.25. The van der Waals surface area contributed by atoms with Gasteiger partial charge in [-0.3, -0.25) is 0 Å². The molecule has 0 saturated carbocycles. The maximum atomic E-state index is 12.4. The predicted octanol–water partition coefficient (Wildman–Crippen LogP) is -0.392. The normalized spacial score (nSPS) is 18.1. The average Bonchev–Trinajstić information content (AvgIpc) is 1.67. The minimum atomic E-state index is -1.86. The highest BCUT2D eigenvalue weighted by molar-refractivity contribution is 5.65. The van der Waals surface area contributed by atoms with Crippen LogP contribution in [0, 0.1) is 5.41 Å². The Morgan fingerprint density at radius 3 is 2.12 bits per heavy atom. The smallest absolute Gasteiger partial charge is 0.170 e. The zero-order chi connectivity index (χ0) is 6.78. The van der Waals surface area contributed by atoms with Gasteiger partial charge in [0.15, 0.2) is 5.67 Å². The molecule has 0 aliphatic rings. The molecule has 3 nitrogen and oxygen atoms in total. The van der Waals surface area contributed by atoms with Crippen molar-refractivity contribution in [2.24, 2.45) is 11.5 Å². The quantitative estimate of drug-likeness (QED) is 0.342. The molecule has 1 atom stereocenters. The molecule has 0 heterocycles. The number of alkyl halides is 1. The second-order valence-corrected chi connectivity index (χ2v) is 1.82. The van der Waals surface area contributed by atoms with Crippen LogP contribution in [0.15, 0.2) is 0 Å². The molecule has 0 amide bonds. The second kappa shape index (κ2) is 2.19. The van der Waals surface area contributed by atoms with Gasteiger partial charge in [-0.05, 0) is 6.92 Å². The van der Waals surface area contributed by atoms with Crippen LogP contribution in [0.1, 0.15) is 6.92 Å². The summed E-state index contributed by atoms with van der Waals surface area (Å²) >= 11 is 0. The molecule has 8 heavy (non-hydrogen) atoms. The molecule has 0 aromatic rings. The summed E-state index contributed by atoms with van der Waals surface area (Å²) in [4.78, 5) is 0. The first-order valence-corrected chi connectivity index (χ1v) is 2.22. The van der Waals surface area contributed by atoms with Crippen molar-refractivity contribution in [3.05, 3.63) is 0 Å². The summed E-state index contributed by atoms with van der Waals surface area (Å²) in [6, 6.07) is 0. The number of nitrogens with two attached hydrogens (primary N) is 2. The largest absolute Gasteiger partial charge is 0.313 e. The Hall–Kier alpha value is -0.480. The minimum Gasteiger partial charge on any atom is -0.313 e. The molecule has 0 aliphatic carbocycles. The maximum absolute atomic E-state index is 12.4. The summed E-state index contributed by atoms with van der Waals surface area (Å²) in [6.07, 6.45) is -0.502. The van der Waals surface area contributed by atoms with Gasteiger partial charge in [0.05, 0.1) is 6.17 Å². The number of hydrogen-bond acceptors (Lipinski definition) is 3. The van der Waals surface area contributed by atoms with Crippen molar-refractivity contribution in [1.82, 2.24) is 0 Å². The fraction of sp³-hybridized carbons (Fsp3) is 0.750. The second-order valence-electron chi connectivity index (χ2n) is 1.82. The van der Waals surface area contributed by atoms with Gasteiger partial charge >= 0.3 is 0 Å². The van der Waals surface area contributed by atoms with E-state index in [1.165, 1.54) is 0 Å². The molecule has 0 saturated heterocycles. The van der Waals surface area contributed by atoms with Crippen molar-refractivity contribution in [1.29, 1.82) is 5.41 Å². The lowest BCUT2D eigenvalue weighted by molar-refractivity contribution is 0.243. The lowest BCUT2D eigenvalue weighted by Gasteiger charge is -2.17. The van der Waals surface area contributed by atoms with E-state index in [4.69, 9.17) is 16.9 Å². The molecule has 0 spiro atoms. The molecule has 0 radical (unpaired) electrons. The van der Waals surface area contributed by atoms with E-state index < -0.39 is 11.8 Å². The zero-order valence-corrected chi connectivity index (χ0v) is 4.69. The van der Waals surface area contributed by atoms with Crippen LogP contribution in [0.4, 0.5) is 4.39 Å².